The summed E-state index contributed by atoms with van der Waals surface area (Å²) in [4.78, 5) is 17.5. The van der Waals surface area contributed by atoms with E-state index in [1.54, 1.807) is 25.1 Å². The molecule has 0 fully saturated rings. The fourth-order valence-electron chi connectivity index (χ4n) is 2.93. The first-order valence-electron chi connectivity index (χ1n) is 8.55. The topological polar surface area (TPSA) is 85.4 Å². The van der Waals surface area contributed by atoms with Crippen LogP contribution in [0, 0.1) is 19.8 Å². The van der Waals surface area contributed by atoms with Crippen molar-refractivity contribution in [2.75, 3.05) is 11.3 Å². The molecule has 1 aliphatic rings. The average Bonchev–Trinajstić information content (AvgIpc) is 2.97. The lowest BCUT2D eigenvalue weighted by Crippen LogP contribution is -2.24. The molecule has 0 bridgehead atoms. The maximum Gasteiger partial charge on any atom is 0.309 e. The number of carbonyl (C=O) groups is 1. The number of carbonyl (C=O) groups excluding carboxylic acids is 1. The van der Waals surface area contributed by atoms with Crippen LogP contribution in [0.5, 0.6) is 0 Å². The molecule has 1 atom stereocenters. The van der Waals surface area contributed by atoms with Crippen molar-refractivity contribution in [1.29, 1.82) is 0 Å². The highest BCUT2D eigenvalue weighted by molar-refractivity contribution is 7.93. The summed E-state index contributed by atoms with van der Waals surface area (Å²) in [6.45, 7) is 5.98. The van der Waals surface area contributed by atoms with Gasteiger partial charge in [-0.2, -0.15) is 0 Å². The maximum atomic E-state index is 12.6. The lowest BCUT2D eigenvalue weighted by molar-refractivity contribution is -0.148. The van der Waals surface area contributed by atoms with Gasteiger partial charge in [-0.05, 0) is 63.3 Å². The Bertz CT molecular complexity index is 935. The Labute approximate surface area is 157 Å². The molecule has 0 aliphatic heterocycles. The van der Waals surface area contributed by atoms with Crippen LogP contribution >= 0.6 is 11.3 Å². The van der Waals surface area contributed by atoms with Crippen LogP contribution in [0.4, 0.5) is 5.13 Å². The molecule has 0 saturated carbocycles. The van der Waals surface area contributed by atoms with Crippen molar-refractivity contribution in [2.24, 2.45) is 5.92 Å². The number of benzene rings is 1. The molecule has 26 heavy (non-hydrogen) atoms. The van der Waals surface area contributed by atoms with Crippen molar-refractivity contribution in [3.8, 4) is 0 Å². The minimum absolute atomic E-state index is 0.174. The van der Waals surface area contributed by atoms with Gasteiger partial charge >= 0.3 is 5.97 Å². The van der Waals surface area contributed by atoms with Crippen LogP contribution in [-0.4, -0.2) is 26.0 Å². The van der Waals surface area contributed by atoms with Crippen molar-refractivity contribution in [1.82, 2.24) is 4.98 Å². The van der Waals surface area contributed by atoms with E-state index in [1.807, 2.05) is 13.8 Å². The number of thiazole rings is 1. The summed E-state index contributed by atoms with van der Waals surface area (Å²) in [5, 5.41) is 0.345. The standard InChI is InChI=1S/C18H22N2O4S2/c1-4-24-17(21)13-6-8-15-16(10-13)25-18(19-15)20-26(22,23)14-7-5-11(2)12(3)9-14/h5,7,9,13H,4,6,8,10H2,1-3H3,(H,19,20). The van der Waals surface area contributed by atoms with Crippen molar-refractivity contribution >= 4 is 32.5 Å². The Morgan fingerprint density at radius 3 is 2.81 bits per heavy atom. The SMILES string of the molecule is CCOC(=O)C1CCc2nc(NS(=O)(=O)c3ccc(C)c(C)c3)sc2C1. The molecule has 1 aromatic carbocycles. The van der Waals surface area contributed by atoms with E-state index in [0.29, 0.717) is 31.0 Å². The van der Waals surface area contributed by atoms with Gasteiger partial charge in [0.1, 0.15) is 0 Å². The average molecular weight is 395 g/mol. The van der Waals surface area contributed by atoms with E-state index in [1.165, 1.54) is 11.3 Å². The Morgan fingerprint density at radius 2 is 2.12 bits per heavy atom. The van der Waals surface area contributed by atoms with Crippen molar-refractivity contribution < 1.29 is 17.9 Å². The molecule has 8 heteroatoms. The van der Waals surface area contributed by atoms with Gasteiger partial charge in [0, 0.05) is 4.88 Å². The molecule has 0 amide bonds. The molecule has 1 aliphatic carbocycles. The van der Waals surface area contributed by atoms with E-state index in [4.69, 9.17) is 4.74 Å². The fraction of sp³-hybridized carbons (Fsp3) is 0.444. The van der Waals surface area contributed by atoms with Gasteiger partial charge in [-0.15, -0.1) is 11.3 Å². The lowest BCUT2D eigenvalue weighted by atomic mass is 9.91. The van der Waals surface area contributed by atoms with Crippen molar-refractivity contribution in [2.45, 2.75) is 44.9 Å². The van der Waals surface area contributed by atoms with Crippen LogP contribution in [0.25, 0.3) is 0 Å². The second-order valence-corrected chi connectivity index (χ2v) is 9.20. The number of aromatic nitrogens is 1. The summed E-state index contributed by atoms with van der Waals surface area (Å²) in [5.41, 5.74) is 2.83. The quantitative estimate of drug-likeness (QED) is 0.787. The highest BCUT2D eigenvalue weighted by Gasteiger charge is 2.29. The summed E-state index contributed by atoms with van der Waals surface area (Å²) < 4.78 is 32.9. The smallest absolute Gasteiger partial charge is 0.309 e. The highest BCUT2D eigenvalue weighted by Crippen LogP contribution is 2.33. The Morgan fingerprint density at radius 1 is 1.35 bits per heavy atom. The first kappa shape index (κ1) is 18.8. The lowest BCUT2D eigenvalue weighted by Gasteiger charge is -2.18. The van der Waals surface area contributed by atoms with E-state index in [9.17, 15) is 13.2 Å². The fourth-order valence-corrected chi connectivity index (χ4v) is 5.34. The zero-order valence-corrected chi connectivity index (χ0v) is 16.7. The molecule has 140 valence electrons. The van der Waals surface area contributed by atoms with Gasteiger partial charge in [-0.3, -0.25) is 9.52 Å². The predicted molar refractivity (Wildman–Crippen MR) is 101 cm³/mol. The molecule has 1 aromatic heterocycles. The molecular weight excluding hydrogens is 372 g/mol. The minimum atomic E-state index is -3.68. The summed E-state index contributed by atoms with van der Waals surface area (Å²) in [6.07, 6.45) is 1.89. The number of hydrogen-bond acceptors (Lipinski definition) is 6. The van der Waals surface area contributed by atoms with E-state index >= 15 is 0 Å². The molecule has 6 nitrogen and oxygen atoms in total. The summed E-state index contributed by atoms with van der Waals surface area (Å²) in [6, 6.07) is 5.04. The van der Waals surface area contributed by atoms with Crippen LogP contribution < -0.4 is 4.72 Å². The van der Waals surface area contributed by atoms with Gasteiger partial charge in [-0.1, -0.05) is 6.07 Å². The van der Waals surface area contributed by atoms with Crippen molar-refractivity contribution in [3.63, 3.8) is 0 Å². The number of fused-ring (bicyclic) bond motifs is 1. The Balaban J connectivity index is 1.78. The normalized spacial score (nSPS) is 16.8. The summed E-state index contributed by atoms with van der Waals surface area (Å²) in [5.74, 6) is -0.365. The summed E-state index contributed by atoms with van der Waals surface area (Å²) >= 11 is 1.29. The number of rotatable bonds is 5. The van der Waals surface area contributed by atoms with Gasteiger partial charge in [0.15, 0.2) is 5.13 Å². The second-order valence-electron chi connectivity index (χ2n) is 6.43. The number of nitrogens with zero attached hydrogens (tertiary/aromatic N) is 1. The zero-order chi connectivity index (χ0) is 18.9. The van der Waals surface area contributed by atoms with Crippen LogP contribution in [0.2, 0.25) is 0 Å². The predicted octanol–water partition coefficient (Wildman–Crippen LogP) is 3.23. The van der Waals surface area contributed by atoms with E-state index in [2.05, 4.69) is 9.71 Å². The van der Waals surface area contributed by atoms with Crippen molar-refractivity contribution in [3.05, 3.63) is 39.9 Å². The van der Waals surface area contributed by atoms with E-state index in [0.717, 1.165) is 21.7 Å². The third-order valence-electron chi connectivity index (χ3n) is 4.57. The zero-order valence-electron chi connectivity index (χ0n) is 15.0. The number of ether oxygens (including phenoxy) is 1. The largest absolute Gasteiger partial charge is 0.466 e. The van der Waals surface area contributed by atoms with Crippen LogP contribution in [0.1, 0.15) is 35.0 Å². The van der Waals surface area contributed by atoms with Crippen LogP contribution in [-0.2, 0) is 32.4 Å². The second kappa shape index (κ2) is 7.36. The van der Waals surface area contributed by atoms with Gasteiger partial charge in [0.25, 0.3) is 10.0 Å². The molecule has 0 spiro atoms. The highest BCUT2D eigenvalue weighted by atomic mass is 32.2. The molecule has 0 radical (unpaired) electrons. The van der Waals surface area contributed by atoms with Gasteiger partial charge in [-0.25, -0.2) is 13.4 Å². The Kier molecular flexibility index (Phi) is 5.34. The number of anilines is 1. The molecule has 1 heterocycles. The molecule has 1 N–H and O–H groups in total. The maximum absolute atomic E-state index is 12.6. The van der Waals surface area contributed by atoms with Gasteiger partial charge in [0.05, 0.1) is 23.1 Å². The van der Waals surface area contributed by atoms with Crippen LogP contribution in [0.15, 0.2) is 23.1 Å². The monoisotopic (exact) mass is 394 g/mol. The van der Waals surface area contributed by atoms with Crippen LogP contribution in [0.3, 0.4) is 0 Å². The van der Waals surface area contributed by atoms with E-state index in [-0.39, 0.29) is 16.8 Å². The third kappa shape index (κ3) is 3.91. The molecule has 2 aromatic rings. The Hall–Kier alpha value is -1.93. The number of hydrogen-bond donors (Lipinski definition) is 1. The number of sulfonamides is 1. The molecular formula is C18H22N2O4S2. The molecule has 1 unspecified atom stereocenters. The molecule has 3 rings (SSSR count). The van der Waals surface area contributed by atoms with E-state index < -0.39 is 10.0 Å². The third-order valence-corrected chi connectivity index (χ3v) is 7.07. The minimum Gasteiger partial charge on any atom is -0.466 e. The number of aryl methyl sites for hydroxylation is 3. The number of nitrogens with one attached hydrogen (secondary N) is 1. The van der Waals surface area contributed by atoms with Gasteiger partial charge < -0.3 is 4.74 Å². The summed E-state index contributed by atoms with van der Waals surface area (Å²) in [7, 11) is -3.68. The first-order valence-corrected chi connectivity index (χ1v) is 10.9. The first-order chi connectivity index (χ1) is 12.3. The molecule has 0 saturated heterocycles. The number of esters is 1. The van der Waals surface area contributed by atoms with Gasteiger partial charge in [0.2, 0.25) is 0 Å².